The minimum absolute atomic E-state index is 0.208. The third-order valence-electron chi connectivity index (χ3n) is 2.89. The quantitative estimate of drug-likeness (QED) is 0.687. The molecule has 0 bridgehead atoms. The predicted octanol–water partition coefficient (Wildman–Crippen LogP) is 3.66. The normalized spacial score (nSPS) is 10.8. The molecule has 5 heteroatoms. The molecule has 4 nitrogen and oxygen atoms in total. The fourth-order valence-corrected chi connectivity index (χ4v) is 2.85. The summed E-state index contributed by atoms with van der Waals surface area (Å²) in [4.78, 5) is 15.9. The summed E-state index contributed by atoms with van der Waals surface area (Å²) in [5.74, 6) is -0.249. The molecule has 0 amide bonds. The number of carbonyl (C=O) groups is 1. The van der Waals surface area contributed by atoms with E-state index >= 15 is 0 Å². The molecule has 0 aliphatic heterocycles. The Hall–Kier alpha value is -2.14. The first-order chi connectivity index (χ1) is 9.78. The van der Waals surface area contributed by atoms with E-state index in [0.717, 1.165) is 27.2 Å². The van der Waals surface area contributed by atoms with E-state index < -0.39 is 0 Å². The summed E-state index contributed by atoms with van der Waals surface area (Å²) in [7, 11) is 0. The molecule has 0 aliphatic carbocycles. The summed E-state index contributed by atoms with van der Waals surface area (Å²) in [6.45, 7) is 2.18. The lowest BCUT2D eigenvalue weighted by Crippen LogP contribution is -2.07. The molecule has 3 rings (SSSR count). The molecule has 1 aromatic carbocycles. The van der Waals surface area contributed by atoms with Crippen molar-refractivity contribution in [3.05, 3.63) is 41.6 Å². The summed E-state index contributed by atoms with van der Waals surface area (Å²) in [5.41, 5.74) is 2.53. The molecule has 20 heavy (non-hydrogen) atoms. The van der Waals surface area contributed by atoms with Gasteiger partial charge in [-0.25, -0.2) is 4.98 Å². The number of benzene rings is 1. The van der Waals surface area contributed by atoms with Crippen molar-refractivity contribution in [2.45, 2.75) is 13.3 Å². The number of esters is 1. The van der Waals surface area contributed by atoms with Gasteiger partial charge in [-0.05, 0) is 13.0 Å². The van der Waals surface area contributed by atoms with Gasteiger partial charge in [-0.2, -0.15) is 0 Å². The van der Waals surface area contributed by atoms with E-state index in [-0.39, 0.29) is 12.4 Å². The molecule has 102 valence electrons. The minimum Gasteiger partial charge on any atom is -0.466 e. The molecule has 0 atom stereocenters. The van der Waals surface area contributed by atoms with Crippen LogP contribution in [0.4, 0.5) is 0 Å². The van der Waals surface area contributed by atoms with Crippen molar-refractivity contribution >= 4 is 28.3 Å². The largest absolute Gasteiger partial charge is 0.466 e. The molecule has 0 saturated carbocycles. The molecule has 0 fully saturated rings. The molecule has 2 heterocycles. The molecule has 3 aromatic rings. The van der Waals surface area contributed by atoms with Crippen LogP contribution >= 0.6 is 11.3 Å². The van der Waals surface area contributed by atoms with Crippen LogP contribution < -0.4 is 0 Å². The van der Waals surface area contributed by atoms with Gasteiger partial charge in [-0.3, -0.25) is 4.79 Å². The average molecular weight is 287 g/mol. The summed E-state index contributed by atoms with van der Waals surface area (Å²) < 4.78 is 10.4. The second-order valence-corrected chi connectivity index (χ2v) is 5.13. The molecule has 0 aliphatic rings. The fourth-order valence-electron chi connectivity index (χ4n) is 2.02. The second-order valence-electron chi connectivity index (χ2n) is 4.27. The van der Waals surface area contributed by atoms with E-state index in [9.17, 15) is 4.79 Å². The lowest BCUT2D eigenvalue weighted by atomic mass is 10.2. The highest BCUT2D eigenvalue weighted by atomic mass is 32.1. The summed E-state index contributed by atoms with van der Waals surface area (Å²) in [6.07, 6.45) is 1.91. The zero-order valence-corrected chi connectivity index (χ0v) is 11.8. The number of aromatic nitrogens is 1. The number of hydrogen-bond donors (Lipinski definition) is 0. The van der Waals surface area contributed by atoms with Crippen molar-refractivity contribution in [1.29, 1.82) is 0 Å². The SMILES string of the molecule is CCOC(=O)Cc1csc(-c2coc3ccccc23)n1. The number of rotatable bonds is 4. The summed E-state index contributed by atoms with van der Waals surface area (Å²) in [5, 5.41) is 3.77. The third-order valence-corrected chi connectivity index (χ3v) is 3.82. The maximum atomic E-state index is 11.4. The number of thiazole rings is 1. The van der Waals surface area contributed by atoms with Gasteiger partial charge in [-0.1, -0.05) is 18.2 Å². The van der Waals surface area contributed by atoms with Crippen LogP contribution in [-0.2, 0) is 16.0 Å². The number of ether oxygens (including phenoxy) is 1. The highest BCUT2D eigenvalue weighted by Gasteiger charge is 2.13. The van der Waals surface area contributed by atoms with Crippen LogP contribution in [0.15, 0.2) is 40.3 Å². The average Bonchev–Trinajstić information content (AvgIpc) is 3.05. The second kappa shape index (κ2) is 5.46. The van der Waals surface area contributed by atoms with Crippen molar-refractivity contribution < 1.29 is 13.9 Å². The van der Waals surface area contributed by atoms with E-state index in [1.807, 2.05) is 29.6 Å². The molecule has 0 radical (unpaired) electrons. The Morgan fingerprint density at radius 3 is 3.10 bits per heavy atom. The van der Waals surface area contributed by atoms with E-state index in [1.165, 1.54) is 11.3 Å². The molecule has 0 saturated heterocycles. The Balaban J connectivity index is 1.88. The van der Waals surface area contributed by atoms with Crippen molar-refractivity contribution in [3.8, 4) is 10.6 Å². The Bertz CT molecular complexity index is 744. The van der Waals surface area contributed by atoms with Crippen LogP contribution in [0.5, 0.6) is 0 Å². The number of fused-ring (bicyclic) bond motifs is 1. The van der Waals surface area contributed by atoms with E-state index in [2.05, 4.69) is 4.98 Å². The standard InChI is InChI=1S/C15H13NO3S/c1-2-18-14(17)7-10-9-20-15(16-10)12-8-19-13-6-4-3-5-11(12)13/h3-6,8-9H,2,7H2,1H3. The topological polar surface area (TPSA) is 52.3 Å². The highest BCUT2D eigenvalue weighted by Crippen LogP contribution is 2.32. The zero-order valence-electron chi connectivity index (χ0n) is 11.0. The van der Waals surface area contributed by atoms with Gasteiger partial charge >= 0.3 is 5.97 Å². The first kappa shape index (κ1) is 12.9. The smallest absolute Gasteiger partial charge is 0.311 e. The Morgan fingerprint density at radius 2 is 2.25 bits per heavy atom. The molecular formula is C15H13NO3S. The van der Waals surface area contributed by atoms with Gasteiger partial charge in [-0.15, -0.1) is 11.3 Å². The first-order valence-electron chi connectivity index (χ1n) is 6.34. The minimum atomic E-state index is -0.249. The molecule has 2 aromatic heterocycles. The van der Waals surface area contributed by atoms with Crippen molar-refractivity contribution in [3.63, 3.8) is 0 Å². The van der Waals surface area contributed by atoms with Crippen LogP contribution in [0.1, 0.15) is 12.6 Å². The van der Waals surface area contributed by atoms with E-state index in [1.54, 1.807) is 13.2 Å². The Labute approximate surface area is 120 Å². The van der Waals surface area contributed by atoms with Crippen LogP contribution in [0.2, 0.25) is 0 Å². The van der Waals surface area contributed by atoms with Crippen molar-refractivity contribution in [2.75, 3.05) is 6.61 Å². The first-order valence-corrected chi connectivity index (χ1v) is 7.22. The van der Waals surface area contributed by atoms with E-state index in [4.69, 9.17) is 9.15 Å². The van der Waals surface area contributed by atoms with Crippen molar-refractivity contribution in [1.82, 2.24) is 4.98 Å². The highest BCUT2D eigenvalue weighted by molar-refractivity contribution is 7.13. The fraction of sp³-hybridized carbons (Fsp3) is 0.200. The molecular weight excluding hydrogens is 274 g/mol. The molecule has 0 N–H and O–H groups in total. The molecule has 0 unspecified atom stereocenters. The zero-order chi connectivity index (χ0) is 13.9. The molecule has 0 spiro atoms. The van der Waals surface area contributed by atoms with Gasteiger partial charge in [0.2, 0.25) is 0 Å². The van der Waals surface area contributed by atoms with Crippen LogP contribution in [0.25, 0.3) is 21.5 Å². The number of nitrogens with zero attached hydrogens (tertiary/aromatic N) is 1. The van der Waals surface area contributed by atoms with Crippen LogP contribution in [0, 0.1) is 0 Å². The lowest BCUT2D eigenvalue weighted by molar-refractivity contribution is -0.142. The van der Waals surface area contributed by atoms with E-state index in [0.29, 0.717) is 6.61 Å². The van der Waals surface area contributed by atoms with Gasteiger partial charge in [0.05, 0.1) is 24.3 Å². The van der Waals surface area contributed by atoms with Gasteiger partial charge < -0.3 is 9.15 Å². The Morgan fingerprint density at radius 1 is 1.40 bits per heavy atom. The van der Waals surface area contributed by atoms with Gasteiger partial charge in [0, 0.05) is 10.8 Å². The van der Waals surface area contributed by atoms with Crippen LogP contribution in [-0.4, -0.2) is 17.6 Å². The van der Waals surface area contributed by atoms with Gasteiger partial charge in [0.15, 0.2) is 0 Å². The maximum Gasteiger partial charge on any atom is 0.311 e. The number of carbonyl (C=O) groups excluding carboxylic acids is 1. The van der Waals surface area contributed by atoms with Gasteiger partial charge in [0.25, 0.3) is 0 Å². The Kier molecular flexibility index (Phi) is 3.52. The maximum absolute atomic E-state index is 11.4. The van der Waals surface area contributed by atoms with Gasteiger partial charge in [0.1, 0.15) is 16.9 Å². The lowest BCUT2D eigenvalue weighted by Gasteiger charge is -1.98. The summed E-state index contributed by atoms with van der Waals surface area (Å²) >= 11 is 1.50. The van der Waals surface area contributed by atoms with Crippen molar-refractivity contribution in [2.24, 2.45) is 0 Å². The third kappa shape index (κ3) is 2.44. The summed E-state index contributed by atoms with van der Waals surface area (Å²) in [6, 6.07) is 7.82. The van der Waals surface area contributed by atoms with Crippen LogP contribution in [0.3, 0.4) is 0 Å². The predicted molar refractivity (Wildman–Crippen MR) is 77.7 cm³/mol. The number of hydrogen-bond acceptors (Lipinski definition) is 5. The number of para-hydroxylation sites is 1. The number of furan rings is 1. The monoisotopic (exact) mass is 287 g/mol.